The van der Waals surface area contributed by atoms with Gasteiger partial charge in [-0.15, -0.1) is 0 Å². The lowest BCUT2D eigenvalue weighted by atomic mass is 10.1. The summed E-state index contributed by atoms with van der Waals surface area (Å²) in [7, 11) is 0. The van der Waals surface area contributed by atoms with Crippen LogP contribution in [-0.4, -0.2) is 34.9 Å². The van der Waals surface area contributed by atoms with Crippen LogP contribution in [0.5, 0.6) is 0 Å². The number of allylic oxidation sites excluding steroid dienone is 25. The predicted octanol–water partition coefficient (Wildman–Crippen LogP) is 17.4. The van der Waals surface area contributed by atoms with Crippen molar-refractivity contribution >= 4 is 5.91 Å². The molecule has 4 heteroatoms. The largest absolute Gasteiger partial charge is 0.394 e. The van der Waals surface area contributed by atoms with Crippen LogP contribution in [0.3, 0.4) is 0 Å². The molecule has 0 aliphatic heterocycles. The van der Waals surface area contributed by atoms with E-state index in [1.807, 2.05) is 6.08 Å². The molecule has 0 saturated carbocycles. The van der Waals surface area contributed by atoms with Crippen molar-refractivity contribution in [2.24, 2.45) is 0 Å². The van der Waals surface area contributed by atoms with E-state index >= 15 is 0 Å². The topological polar surface area (TPSA) is 69.6 Å². The molecule has 2 unspecified atom stereocenters. The van der Waals surface area contributed by atoms with Gasteiger partial charge in [-0.05, 0) is 116 Å². The highest BCUT2D eigenvalue weighted by atomic mass is 16.3. The van der Waals surface area contributed by atoms with Crippen LogP contribution >= 0.6 is 0 Å². The first-order valence-electron chi connectivity index (χ1n) is 26.2. The molecule has 3 N–H and O–H groups in total. The van der Waals surface area contributed by atoms with Gasteiger partial charge in [-0.25, -0.2) is 0 Å². The van der Waals surface area contributed by atoms with Crippen molar-refractivity contribution in [3.05, 3.63) is 158 Å². The minimum atomic E-state index is -0.888. The smallest absolute Gasteiger partial charge is 0.220 e. The molecule has 0 bridgehead atoms. The summed E-state index contributed by atoms with van der Waals surface area (Å²) in [4.78, 5) is 12.4. The minimum absolute atomic E-state index is 0.113. The molecule has 0 fully saturated rings. The molecule has 0 saturated heterocycles. The Hall–Kier alpha value is -3.99. The molecule has 0 aliphatic rings. The SMILES string of the molecule is CC/C=C\C/C=C\C/C=C\C/C=C\C/C=C\C/C=C\C/C=C\C/C=C\C/C=C\C/C=C\C/C=C\CCCCCC(=O)NC(CO)C(O)/C=C/CC/C=C/CCCCCCCCCCCC. The van der Waals surface area contributed by atoms with Gasteiger partial charge in [-0.3, -0.25) is 4.79 Å². The highest BCUT2D eigenvalue weighted by molar-refractivity contribution is 5.76. The maximum atomic E-state index is 12.4. The summed E-state index contributed by atoms with van der Waals surface area (Å²) in [6.45, 7) is 4.15. The van der Waals surface area contributed by atoms with Crippen molar-refractivity contribution < 1.29 is 15.0 Å². The van der Waals surface area contributed by atoms with Crippen molar-refractivity contribution in [2.75, 3.05) is 6.61 Å². The molecule has 364 valence electrons. The summed E-state index contributed by atoms with van der Waals surface area (Å²) < 4.78 is 0. The van der Waals surface area contributed by atoms with Crippen LogP contribution in [-0.2, 0) is 4.79 Å². The Balaban J connectivity index is 3.76. The van der Waals surface area contributed by atoms with E-state index < -0.39 is 12.1 Å². The second-order valence-corrected chi connectivity index (χ2v) is 16.8. The van der Waals surface area contributed by atoms with Crippen LogP contribution in [0.15, 0.2) is 158 Å². The molecule has 1 amide bonds. The molecule has 65 heavy (non-hydrogen) atoms. The fraction of sp³-hybridized carbons (Fsp3) is 0.557. The Kier molecular flexibility index (Phi) is 51.0. The van der Waals surface area contributed by atoms with Crippen molar-refractivity contribution in [3.63, 3.8) is 0 Å². The maximum Gasteiger partial charge on any atom is 0.220 e. The summed E-state index contributed by atoms with van der Waals surface area (Å²) in [5.74, 6) is -0.113. The van der Waals surface area contributed by atoms with Crippen molar-refractivity contribution in [3.8, 4) is 0 Å². The van der Waals surface area contributed by atoms with Crippen molar-refractivity contribution in [1.29, 1.82) is 0 Å². The number of nitrogens with one attached hydrogen (secondary N) is 1. The van der Waals surface area contributed by atoms with Gasteiger partial charge in [-0.1, -0.05) is 236 Å². The predicted molar refractivity (Wildman–Crippen MR) is 289 cm³/mol. The van der Waals surface area contributed by atoms with Crippen molar-refractivity contribution in [2.45, 2.75) is 212 Å². The molecule has 0 aromatic carbocycles. The van der Waals surface area contributed by atoms with Crippen LogP contribution in [0.25, 0.3) is 0 Å². The van der Waals surface area contributed by atoms with E-state index in [-0.39, 0.29) is 12.5 Å². The molecular formula is C61H97NO3. The van der Waals surface area contributed by atoms with E-state index in [1.165, 1.54) is 64.2 Å². The summed E-state index contributed by atoms with van der Waals surface area (Å²) in [6, 6.07) is -0.669. The lowest BCUT2D eigenvalue weighted by Crippen LogP contribution is -2.45. The fourth-order valence-corrected chi connectivity index (χ4v) is 6.78. The summed E-state index contributed by atoms with van der Waals surface area (Å²) >= 11 is 0. The Morgan fingerprint density at radius 1 is 0.385 bits per heavy atom. The molecule has 0 heterocycles. The van der Waals surface area contributed by atoms with Gasteiger partial charge in [0, 0.05) is 6.42 Å². The number of unbranched alkanes of at least 4 members (excludes halogenated alkanes) is 14. The van der Waals surface area contributed by atoms with Gasteiger partial charge in [-0.2, -0.15) is 0 Å². The number of hydrogen-bond donors (Lipinski definition) is 3. The van der Waals surface area contributed by atoms with E-state index in [0.29, 0.717) is 6.42 Å². The van der Waals surface area contributed by atoms with Crippen LogP contribution in [0.4, 0.5) is 0 Å². The van der Waals surface area contributed by atoms with Gasteiger partial charge in [0.15, 0.2) is 0 Å². The first-order valence-corrected chi connectivity index (χ1v) is 26.2. The Bertz CT molecular complexity index is 1430. The second-order valence-electron chi connectivity index (χ2n) is 16.8. The molecule has 0 aromatic rings. The number of rotatable bonds is 45. The lowest BCUT2D eigenvalue weighted by molar-refractivity contribution is -0.123. The highest BCUT2D eigenvalue weighted by Gasteiger charge is 2.17. The number of aliphatic hydroxyl groups excluding tert-OH is 2. The van der Waals surface area contributed by atoms with Crippen LogP contribution in [0.1, 0.15) is 200 Å². The molecular weight excluding hydrogens is 795 g/mol. The number of amides is 1. The number of carbonyl (C=O) groups is 1. The summed E-state index contributed by atoms with van der Waals surface area (Å²) in [6.07, 6.45) is 88.0. The van der Waals surface area contributed by atoms with E-state index in [0.717, 1.165) is 116 Å². The second kappa shape index (κ2) is 54.3. The van der Waals surface area contributed by atoms with E-state index in [2.05, 4.69) is 165 Å². The van der Waals surface area contributed by atoms with Crippen LogP contribution in [0.2, 0.25) is 0 Å². The van der Waals surface area contributed by atoms with E-state index in [4.69, 9.17) is 0 Å². The van der Waals surface area contributed by atoms with Gasteiger partial charge in [0.25, 0.3) is 0 Å². The standard InChI is InChI=1S/C61H97NO3/c1-3-5-7-9-11-13-15-17-19-21-22-23-24-25-26-27-28-29-30-31-32-33-34-35-36-37-38-39-40-41-43-45-47-49-51-53-55-57-61(65)62-59(58-63)60(64)56-54-52-50-48-46-44-42-20-18-16-14-12-10-8-6-4-2/h5,7,11,13,17,19,22-23,25-26,28-29,31-32,34-35,37-38,40-41,45-48,54,56,59-60,63-64H,3-4,6,8-10,12,14-16,18,20-21,24,27,30,33,36,39,42-44,49-53,55,57-58H2,1-2H3,(H,62,65)/b7-5-,13-11-,19-17-,23-22-,26-25-,29-28-,32-31-,35-34-,38-37-,41-40-,47-45-,48-46+,56-54+. The zero-order valence-corrected chi connectivity index (χ0v) is 41.7. The lowest BCUT2D eigenvalue weighted by Gasteiger charge is -2.19. The van der Waals surface area contributed by atoms with Gasteiger partial charge in [0.2, 0.25) is 5.91 Å². The highest BCUT2D eigenvalue weighted by Crippen LogP contribution is 2.12. The molecule has 0 aromatic heterocycles. The molecule has 0 radical (unpaired) electrons. The molecule has 0 rings (SSSR count). The third kappa shape index (κ3) is 50.9. The van der Waals surface area contributed by atoms with Gasteiger partial charge in [0.05, 0.1) is 18.8 Å². The maximum absolute atomic E-state index is 12.4. The Morgan fingerprint density at radius 2 is 0.692 bits per heavy atom. The Morgan fingerprint density at radius 3 is 1.08 bits per heavy atom. The van der Waals surface area contributed by atoms with E-state index in [9.17, 15) is 15.0 Å². The molecule has 2 atom stereocenters. The normalized spacial score (nSPS) is 14.2. The number of aliphatic hydroxyl groups is 2. The minimum Gasteiger partial charge on any atom is -0.394 e. The number of hydrogen-bond acceptors (Lipinski definition) is 3. The van der Waals surface area contributed by atoms with E-state index in [1.54, 1.807) is 6.08 Å². The van der Waals surface area contributed by atoms with Crippen LogP contribution in [0, 0.1) is 0 Å². The fourth-order valence-electron chi connectivity index (χ4n) is 6.78. The van der Waals surface area contributed by atoms with Gasteiger partial charge in [0.1, 0.15) is 0 Å². The van der Waals surface area contributed by atoms with Gasteiger partial charge < -0.3 is 15.5 Å². The van der Waals surface area contributed by atoms with Gasteiger partial charge >= 0.3 is 0 Å². The molecule has 4 nitrogen and oxygen atoms in total. The average molecular weight is 892 g/mol. The molecule has 0 spiro atoms. The third-order valence-corrected chi connectivity index (χ3v) is 10.7. The monoisotopic (exact) mass is 892 g/mol. The summed E-state index contributed by atoms with van der Waals surface area (Å²) in [5, 5.41) is 23.0. The first kappa shape index (κ1) is 61.0. The Labute approximate surface area is 401 Å². The van der Waals surface area contributed by atoms with Crippen LogP contribution < -0.4 is 5.32 Å². The first-order chi connectivity index (χ1) is 32.2. The molecule has 0 aliphatic carbocycles. The average Bonchev–Trinajstić information content (AvgIpc) is 3.31. The number of carbonyl (C=O) groups excluding carboxylic acids is 1. The zero-order valence-electron chi connectivity index (χ0n) is 41.7. The summed E-state index contributed by atoms with van der Waals surface area (Å²) in [5.41, 5.74) is 0. The quantitative estimate of drug-likeness (QED) is 0.0421. The third-order valence-electron chi connectivity index (χ3n) is 10.7. The zero-order chi connectivity index (χ0) is 47.0. The van der Waals surface area contributed by atoms with Crippen molar-refractivity contribution in [1.82, 2.24) is 5.32 Å².